The first-order valence-electron chi connectivity index (χ1n) is 9.39. The normalized spacial score (nSPS) is 15.6. The predicted octanol–water partition coefficient (Wildman–Crippen LogP) is 2.08. The maximum absolute atomic E-state index is 12.6. The highest BCUT2D eigenvalue weighted by atomic mass is 32.2. The number of rotatable bonds is 6. The maximum atomic E-state index is 12.6. The molecule has 1 fully saturated rings. The van der Waals surface area contributed by atoms with E-state index in [1.54, 1.807) is 18.2 Å². The van der Waals surface area contributed by atoms with E-state index in [1.807, 2.05) is 30.3 Å². The van der Waals surface area contributed by atoms with Crippen molar-refractivity contribution in [3.05, 3.63) is 65.2 Å². The van der Waals surface area contributed by atoms with E-state index in [0.29, 0.717) is 50.4 Å². The lowest BCUT2D eigenvalue weighted by Gasteiger charge is -2.33. The topological polar surface area (TPSA) is 93.5 Å². The number of amides is 1. The minimum Gasteiger partial charge on any atom is -0.322 e. The Balaban J connectivity index is 1.59. The molecule has 0 spiro atoms. The van der Waals surface area contributed by atoms with Gasteiger partial charge in [-0.25, -0.2) is 8.42 Å². The summed E-state index contributed by atoms with van der Waals surface area (Å²) in [5, 5.41) is 11.6. The standard InChI is InChI=1S/C21H24N4O3S/c1-29(27,28)25-13-11-24(12-14-25)16-18-3-2-4-19(15-18)21(26)23-20-7-5-17(6-8-20)9-10-22/h2-8,15H,9,11-14,16H2,1H3,(H,23,26). The molecule has 0 aromatic heterocycles. The molecule has 1 aliphatic rings. The summed E-state index contributed by atoms with van der Waals surface area (Å²) in [6.45, 7) is 2.97. The fraction of sp³-hybridized carbons (Fsp3) is 0.333. The Morgan fingerprint density at radius 3 is 2.38 bits per heavy atom. The van der Waals surface area contributed by atoms with Gasteiger partial charge in [-0.3, -0.25) is 9.69 Å². The highest BCUT2D eigenvalue weighted by molar-refractivity contribution is 7.88. The second kappa shape index (κ2) is 9.18. The second-order valence-corrected chi connectivity index (χ2v) is 9.11. The van der Waals surface area contributed by atoms with Crippen LogP contribution < -0.4 is 5.32 Å². The van der Waals surface area contributed by atoms with Crippen molar-refractivity contribution in [1.82, 2.24) is 9.21 Å². The summed E-state index contributed by atoms with van der Waals surface area (Å²) in [7, 11) is -3.14. The van der Waals surface area contributed by atoms with Crippen LogP contribution in [-0.2, 0) is 23.0 Å². The SMILES string of the molecule is CS(=O)(=O)N1CCN(Cc2cccc(C(=O)Nc3ccc(CC#N)cc3)c2)CC1. The average molecular weight is 413 g/mol. The lowest BCUT2D eigenvalue weighted by atomic mass is 10.1. The number of benzene rings is 2. The molecular formula is C21H24N4O3S. The van der Waals surface area contributed by atoms with Gasteiger partial charge in [0.15, 0.2) is 0 Å². The number of hydrogen-bond donors (Lipinski definition) is 1. The summed E-state index contributed by atoms with van der Waals surface area (Å²) in [5.74, 6) is -0.193. The number of hydrogen-bond acceptors (Lipinski definition) is 5. The quantitative estimate of drug-likeness (QED) is 0.784. The van der Waals surface area contributed by atoms with Crippen LogP contribution in [0.4, 0.5) is 5.69 Å². The molecule has 1 N–H and O–H groups in total. The number of nitrogens with zero attached hydrogens (tertiary/aromatic N) is 3. The Hall–Kier alpha value is -2.73. The van der Waals surface area contributed by atoms with Crippen molar-refractivity contribution in [2.75, 3.05) is 37.8 Å². The zero-order valence-electron chi connectivity index (χ0n) is 16.3. The van der Waals surface area contributed by atoms with Crippen LogP contribution in [-0.4, -0.2) is 56.0 Å². The molecule has 0 bridgehead atoms. The molecule has 0 radical (unpaired) electrons. The number of nitriles is 1. The molecule has 2 aromatic carbocycles. The van der Waals surface area contributed by atoms with Crippen molar-refractivity contribution in [1.29, 1.82) is 5.26 Å². The van der Waals surface area contributed by atoms with Crippen LogP contribution in [0.2, 0.25) is 0 Å². The summed E-state index contributed by atoms with van der Waals surface area (Å²) in [4.78, 5) is 14.8. The fourth-order valence-electron chi connectivity index (χ4n) is 3.29. The molecule has 0 atom stereocenters. The minimum atomic E-state index is -3.14. The van der Waals surface area contributed by atoms with Gasteiger partial charge in [0.05, 0.1) is 18.7 Å². The van der Waals surface area contributed by atoms with Gasteiger partial charge in [-0.2, -0.15) is 9.57 Å². The largest absolute Gasteiger partial charge is 0.322 e. The van der Waals surface area contributed by atoms with Crippen molar-refractivity contribution >= 4 is 21.6 Å². The van der Waals surface area contributed by atoms with Gasteiger partial charge >= 0.3 is 0 Å². The van der Waals surface area contributed by atoms with Gasteiger partial charge in [-0.1, -0.05) is 24.3 Å². The molecule has 1 heterocycles. The third kappa shape index (κ3) is 5.87. The predicted molar refractivity (Wildman–Crippen MR) is 112 cm³/mol. The van der Waals surface area contributed by atoms with Crippen molar-refractivity contribution in [2.45, 2.75) is 13.0 Å². The van der Waals surface area contributed by atoms with E-state index in [1.165, 1.54) is 10.6 Å². The number of carbonyl (C=O) groups is 1. The molecule has 3 rings (SSSR count). The lowest BCUT2D eigenvalue weighted by Crippen LogP contribution is -2.47. The minimum absolute atomic E-state index is 0.193. The molecule has 0 unspecified atom stereocenters. The van der Waals surface area contributed by atoms with Crippen molar-refractivity contribution < 1.29 is 13.2 Å². The van der Waals surface area contributed by atoms with Gasteiger partial charge in [0, 0.05) is 44.0 Å². The molecule has 0 saturated carbocycles. The first kappa shape index (κ1) is 21.0. The average Bonchev–Trinajstić information content (AvgIpc) is 2.70. The zero-order valence-corrected chi connectivity index (χ0v) is 17.2. The summed E-state index contributed by atoms with van der Waals surface area (Å²) in [6, 6.07) is 16.8. The first-order chi connectivity index (χ1) is 13.8. The Morgan fingerprint density at radius 2 is 1.76 bits per heavy atom. The smallest absolute Gasteiger partial charge is 0.255 e. The van der Waals surface area contributed by atoms with Crippen LogP contribution in [0.5, 0.6) is 0 Å². The number of anilines is 1. The maximum Gasteiger partial charge on any atom is 0.255 e. The first-order valence-corrected chi connectivity index (χ1v) is 11.2. The highest BCUT2D eigenvalue weighted by Crippen LogP contribution is 2.15. The Labute approximate surface area is 171 Å². The number of carbonyl (C=O) groups excluding carboxylic acids is 1. The van der Waals surface area contributed by atoms with E-state index < -0.39 is 10.0 Å². The molecule has 152 valence electrons. The van der Waals surface area contributed by atoms with Gasteiger partial charge < -0.3 is 5.32 Å². The van der Waals surface area contributed by atoms with Crippen LogP contribution in [0.15, 0.2) is 48.5 Å². The van der Waals surface area contributed by atoms with Crippen LogP contribution in [0.3, 0.4) is 0 Å². The molecule has 29 heavy (non-hydrogen) atoms. The summed E-state index contributed by atoms with van der Waals surface area (Å²) in [6.07, 6.45) is 1.58. The molecule has 8 heteroatoms. The number of piperazine rings is 1. The Morgan fingerprint density at radius 1 is 1.07 bits per heavy atom. The van der Waals surface area contributed by atoms with E-state index in [9.17, 15) is 13.2 Å². The van der Waals surface area contributed by atoms with Gasteiger partial charge in [-0.05, 0) is 35.4 Å². The van der Waals surface area contributed by atoms with Crippen LogP contribution in [0, 0.1) is 11.3 Å². The van der Waals surface area contributed by atoms with Crippen LogP contribution in [0.25, 0.3) is 0 Å². The summed E-state index contributed by atoms with van der Waals surface area (Å²) < 4.78 is 24.7. The van der Waals surface area contributed by atoms with E-state index in [-0.39, 0.29) is 5.91 Å². The van der Waals surface area contributed by atoms with Gasteiger partial charge in [0.1, 0.15) is 0 Å². The van der Waals surface area contributed by atoms with Gasteiger partial charge in [0.2, 0.25) is 10.0 Å². The van der Waals surface area contributed by atoms with Gasteiger partial charge in [0.25, 0.3) is 5.91 Å². The van der Waals surface area contributed by atoms with Gasteiger partial charge in [-0.15, -0.1) is 0 Å². The third-order valence-corrected chi connectivity index (χ3v) is 6.19. The molecular weight excluding hydrogens is 388 g/mol. The van der Waals surface area contributed by atoms with Crippen LogP contribution in [0.1, 0.15) is 21.5 Å². The zero-order chi connectivity index (χ0) is 20.9. The number of nitrogens with one attached hydrogen (secondary N) is 1. The lowest BCUT2D eigenvalue weighted by molar-refractivity contribution is 0.102. The molecule has 2 aromatic rings. The van der Waals surface area contributed by atoms with E-state index in [4.69, 9.17) is 5.26 Å². The summed E-state index contributed by atoms with van der Waals surface area (Å²) >= 11 is 0. The molecule has 1 aliphatic heterocycles. The molecule has 0 aliphatic carbocycles. The van der Waals surface area contributed by atoms with Crippen molar-refractivity contribution in [3.8, 4) is 6.07 Å². The van der Waals surface area contributed by atoms with Crippen LogP contribution >= 0.6 is 0 Å². The van der Waals surface area contributed by atoms with Crippen molar-refractivity contribution in [3.63, 3.8) is 0 Å². The fourth-order valence-corrected chi connectivity index (χ4v) is 4.12. The summed E-state index contributed by atoms with van der Waals surface area (Å²) in [5.41, 5.74) is 3.16. The second-order valence-electron chi connectivity index (χ2n) is 7.12. The third-order valence-electron chi connectivity index (χ3n) is 4.89. The molecule has 1 saturated heterocycles. The van der Waals surface area contributed by atoms with E-state index >= 15 is 0 Å². The Kier molecular flexibility index (Phi) is 6.64. The van der Waals surface area contributed by atoms with E-state index in [2.05, 4.69) is 16.3 Å². The molecule has 7 nitrogen and oxygen atoms in total. The van der Waals surface area contributed by atoms with Crippen molar-refractivity contribution in [2.24, 2.45) is 0 Å². The Bertz CT molecular complexity index is 1000. The van der Waals surface area contributed by atoms with E-state index in [0.717, 1.165) is 11.1 Å². The number of sulfonamides is 1. The molecule has 1 amide bonds. The highest BCUT2D eigenvalue weighted by Gasteiger charge is 2.23. The monoisotopic (exact) mass is 412 g/mol.